The van der Waals surface area contributed by atoms with Crippen molar-refractivity contribution in [3.8, 4) is 0 Å². The molecule has 0 fully saturated rings. The van der Waals surface area contributed by atoms with E-state index in [4.69, 9.17) is 0 Å². The summed E-state index contributed by atoms with van der Waals surface area (Å²) in [6, 6.07) is 0. The third-order valence-corrected chi connectivity index (χ3v) is 2.62. The van der Waals surface area contributed by atoms with Crippen LogP contribution in [-0.2, 0) is 13.0 Å². The monoisotopic (exact) mass is 150 g/mol. The predicted molar refractivity (Wildman–Crippen MR) is 44.3 cm³/mol. The predicted octanol–water partition coefficient (Wildman–Crippen LogP) is 1.71. The summed E-state index contributed by atoms with van der Waals surface area (Å²) in [6.07, 6.45) is 5.15. The van der Waals surface area contributed by atoms with E-state index in [0.717, 1.165) is 11.8 Å². The summed E-state index contributed by atoms with van der Waals surface area (Å²) in [6.45, 7) is 5.75. The first-order valence-corrected chi connectivity index (χ1v) is 4.27. The number of rotatable bonds is 1. The summed E-state index contributed by atoms with van der Waals surface area (Å²) >= 11 is 0. The van der Waals surface area contributed by atoms with Gasteiger partial charge in [0.05, 0.1) is 0 Å². The second-order valence-corrected chi connectivity index (χ2v) is 3.70. The molecule has 1 aromatic rings. The van der Waals surface area contributed by atoms with Crippen molar-refractivity contribution in [3.05, 3.63) is 18.2 Å². The number of hydrogen-bond acceptors (Lipinski definition) is 1. The Hall–Kier alpha value is -0.790. The molecule has 0 bridgehead atoms. The van der Waals surface area contributed by atoms with Crippen LogP contribution >= 0.6 is 0 Å². The molecule has 0 saturated carbocycles. The minimum absolute atomic E-state index is 0.789. The first-order valence-electron chi connectivity index (χ1n) is 4.27. The number of nitrogens with zero attached hydrogens (tertiary/aromatic N) is 2. The van der Waals surface area contributed by atoms with Crippen LogP contribution in [0, 0.1) is 11.8 Å². The van der Waals surface area contributed by atoms with Crippen LogP contribution in [0.1, 0.15) is 19.7 Å². The highest BCUT2D eigenvalue weighted by Gasteiger charge is 2.23. The van der Waals surface area contributed by atoms with Crippen LogP contribution in [-0.4, -0.2) is 9.55 Å². The van der Waals surface area contributed by atoms with Gasteiger partial charge in [-0.2, -0.15) is 0 Å². The van der Waals surface area contributed by atoms with E-state index >= 15 is 0 Å². The molecule has 0 aliphatic carbocycles. The van der Waals surface area contributed by atoms with Gasteiger partial charge in [0.25, 0.3) is 0 Å². The van der Waals surface area contributed by atoms with Gasteiger partial charge in [0.1, 0.15) is 5.82 Å². The Labute approximate surface area is 67.3 Å². The largest absolute Gasteiger partial charge is 0.335 e. The minimum atomic E-state index is 0.789. The van der Waals surface area contributed by atoms with E-state index in [-0.39, 0.29) is 0 Å². The average Bonchev–Trinajstić information content (AvgIpc) is 2.40. The van der Waals surface area contributed by atoms with E-state index < -0.39 is 0 Å². The maximum Gasteiger partial charge on any atom is 0.108 e. The molecule has 1 aromatic heterocycles. The van der Waals surface area contributed by atoms with Crippen molar-refractivity contribution < 1.29 is 0 Å². The SMILES string of the molecule is CC(C)[C@@H]1Cc2nccn2C1. The van der Waals surface area contributed by atoms with Crippen LogP contribution < -0.4 is 0 Å². The molecule has 1 aliphatic rings. The zero-order chi connectivity index (χ0) is 7.84. The summed E-state index contributed by atoms with van der Waals surface area (Å²) in [4.78, 5) is 4.29. The van der Waals surface area contributed by atoms with Crippen molar-refractivity contribution in [2.24, 2.45) is 11.8 Å². The molecule has 0 amide bonds. The fraction of sp³-hybridized carbons (Fsp3) is 0.667. The molecule has 1 aliphatic heterocycles. The lowest BCUT2D eigenvalue weighted by Crippen LogP contribution is -2.09. The molecule has 2 nitrogen and oxygen atoms in total. The molecule has 0 radical (unpaired) electrons. The van der Waals surface area contributed by atoms with Crippen LogP contribution in [0.5, 0.6) is 0 Å². The smallest absolute Gasteiger partial charge is 0.108 e. The summed E-state index contributed by atoms with van der Waals surface area (Å²) in [5, 5.41) is 0. The van der Waals surface area contributed by atoms with Crippen molar-refractivity contribution in [1.29, 1.82) is 0 Å². The van der Waals surface area contributed by atoms with Gasteiger partial charge in [-0.3, -0.25) is 0 Å². The molecule has 60 valence electrons. The minimum Gasteiger partial charge on any atom is -0.335 e. The summed E-state index contributed by atoms with van der Waals surface area (Å²) in [5.41, 5.74) is 0. The maximum atomic E-state index is 4.29. The van der Waals surface area contributed by atoms with Gasteiger partial charge in [0.2, 0.25) is 0 Å². The number of imidazole rings is 1. The van der Waals surface area contributed by atoms with Crippen molar-refractivity contribution in [2.75, 3.05) is 0 Å². The molecule has 0 N–H and O–H groups in total. The van der Waals surface area contributed by atoms with Gasteiger partial charge in [-0.25, -0.2) is 4.98 Å². The number of fused-ring (bicyclic) bond motifs is 1. The molecule has 2 heteroatoms. The van der Waals surface area contributed by atoms with Gasteiger partial charge >= 0.3 is 0 Å². The number of aromatic nitrogens is 2. The van der Waals surface area contributed by atoms with Crippen molar-refractivity contribution in [2.45, 2.75) is 26.8 Å². The summed E-state index contributed by atoms with van der Waals surface area (Å²) in [5.74, 6) is 2.87. The van der Waals surface area contributed by atoms with Crippen molar-refractivity contribution >= 4 is 0 Å². The normalized spacial score (nSPS) is 22.6. The standard InChI is InChI=1S/C9H14N2/c1-7(2)8-5-9-10-3-4-11(9)6-8/h3-4,7-8H,5-6H2,1-2H3/t8-/m1/s1. The molecule has 2 rings (SSSR count). The Bertz CT molecular complexity index is 229. The lowest BCUT2D eigenvalue weighted by atomic mass is 9.95. The lowest BCUT2D eigenvalue weighted by Gasteiger charge is -2.11. The molecular weight excluding hydrogens is 136 g/mol. The second-order valence-electron chi connectivity index (χ2n) is 3.70. The fourth-order valence-corrected chi connectivity index (χ4v) is 1.69. The van der Waals surface area contributed by atoms with E-state index in [1.165, 1.54) is 18.8 Å². The Morgan fingerprint density at radius 2 is 2.45 bits per heavy atom. The van der Waals surface area contributed by atoms with E-state index in [2.05, 4.69) is 29.6 Å². The van der Waals surface area contributed by atoms with Gasteiger partial charge in [0.15, 0.2) is 0 Å². The van der Waals surface area contributed by atoms with Crippen LogP contribution in [0.25, 0.3) is 0 Å². The zero-order valence-corrected chi connectivity index (χ0v) is 7.12. The molecule has 0 saturated heterocycles. The molecular formula is C9H14N2. The molecule has 0 aromatic carbocycles. The van der Waals surface area contributed by atoms with Gasteiger partial charge < -0.3 is 4.57 Å². The number of hydrogen-bond donors (Lipinski definition) is 0. The van der Waals surface area contributed by atoms with Crippen LogP contribution in [0.2, 0.25) is 0 Å². The lowest BCUT2D eigenvalue weighted by molar-refractivity contribution is 0.377. The first kappa shape index (κ1) is 6.89. The quantitative estimate of drug-likeness (QED) is 0.596. The van der Waals surface area contributed by atoms with Gasteiger partial charge in [-0.15, -0.1) is 0 Å². The van der Waals surface area contributed by atoms with E-state index in [0.29, 0.717) is 0 Å². The average molecular weight is 150 g/mol. The highest BCUT2D eigenvalue weighted by atomic mass is 15.1. The Kier molecular flexibility index (Phi) is 1.48. The maximum absolute atomic E-state index is 4.29. The van der Waals surface area contributed by atoms with Crippen LogP contribution in [0.3, 0.4) is 0 Å². The third kappa shape index (κ3) is 1.06. The Balaban J connectivity index is 2.16. The van der Waals surface area contributed by atoms with E-state index in [9.17, 15) is 0 Å². The van der Waals surface area contributed by atoms with Crippen molar-refractivity contribution in [1.82, 2.24) is 9.55 Å². The van der Waals surface area contributed by atoms with E-state index in [1.807, 2.05) is 6.20 Å². The van der Waals surface area contributed by atoms with Gasteiger partial charge in [-0.1, -0.05) is 13.8 Å². The Morgan fingerprint density at radius 3 is 3.09 bits per heavy atom. The fourth-order valence-electron chi connectivity index (χ4n) is 1.69. The van der Waals surface area contributed by atoms with Crippen LogP contribution in [0.15, 0.2) is 12.4 Å². The summed E-state index contributed by atoms with van der Waals surface area (Å²) < 4.78 is 2.27. The van der Waals surface area contributed by atoms with Gasteiger partial charge in [-0.05, 0) is 11.8 Å². The Morgan fingerprint density at radius 1 is 1.64 bits per heavy atom. The molecule has 0 spiro atoms. The first-order chi connectivity index (χ1) is 5.27. The van der Waals surface area contributed by atoms with Gasteiger partial charge in [0, 0.05) is 25.4 Å². The molecule has 11 heavy (non-hydrogen) atoms. The molecule has 0 unspecified atom stereocenters. The van der Waals surface area contributed by atoms with Crippen molar-refractivity contribution in [3.63, 3.8) is 0 Å². The molecule has 1 atom stereocenters. The second kappa shape index (κ2) is 2.36. The topological polar surface area (TPSA) is 17.8 Å². The summed E-state index contributed by atoms with van der Waals surface area (Å²) in [7, 11) is 0. The third-order valence-electron chi connectivity index (χ3n) is 2.62. The van der Waals surface area contributed by atoms with E-state index in [1.54, 1.807) is 0 Å². The zero-order valence-electron chi connectivity index (χ0n) is 7.12. The molecule has 2 heterocycles. The van der Waals surface area contributed by atoms with Crippen LogP contribution in [0.4, 0.5) is 0 Å². The highest BCUT2D eigenvalue weighted by Crippen LogP contribution is 2.24. The highest BCUT2D eigenvalue weighted by molar-refractivity contribution is 5.00.